The van der Waals surface area contributed by atoms with Gasteiger partial charge >= 0.3 is 0 Å². The molecule has 154 valence electrons. The van der Waals surface area contributed by atoms with Crippen LogP contribution in [0.5, 0.6) is 0 Å². The molecule has 1 saturated heterocycles. The predicted molar refractivity (Wildman–Crippen MR) is 109 cm³/mol. The van der Waals surface area contributed by atoms with E-state index in [9.17, 15) is 9.90 Å². The van der Waals surface area contributed by atoms with Crippen molar-refractivity contribution in [1.82, 2.24) is 20.4 Å². The van der Waals surface area contributed by atoms with Gasteiger partial charge in [-0.3, -0.25) is 9.69 Å². The Morgan fingerprint density at radius 1 is 1.34 bits per heavy atom. The fourth-order valence-electron chi connectivity index (χ4n) is 3.80. The van der Waals surface area contributed by atoms with Crippen LogP contribution in [0, 0.1) is 0 Å². The van der Waals surface area contributed by atoms with Gasteiger partial charge in [-0.25, -0.2) is 0 Å². The molecule has 3 N–H and O–H groups in total. The second kappa shape index (κ2) is 9.30. The normalized spacial score (nSPS) is 20.1. The summed E-state index contributed by atoms with van der Waals surface area (Å²) in [7, 11) is 0. The minimum absolute atomic E-state index is 0.193. The highest BCUT2D eigenvalue weighted by molar-refractivity contribution is 5.94. The standard InChI is InChI=1S/C21H27N5O3/c27-19(13-26-7-5-15-3-1-2-4-16(15)12-26)11-22-21(28)17-9-20(25-23-10-17)24-18-6-8-29-14-18/h1-4,9-10,18-19,27H,5-8,11-14H2,(H,22,28)(H,24,25)/t18?,19-/m0/s1. The molecular weight excluding hydrogens is 370 g/mol. The summed E-state index contributed by atoms with van der Waals surface area (Å²) in [5, 5.41) is 24.3. The maximum Gasteiger partial charge on any atom is 0.253 e. The highest BCUT2D eigenvalue weighted by Crippen LogP contribution is 2.18. The summed E-state index contributed by atoms with van der Waals surface area (Å²) in [5.41, 5.74) is 3.11. The van der Waals surface area contributed by atoms with E-state index in [0.29, 0.717) is 24.5 Å². The number of rotatable bonds is 7. The SMILES string of the molecule is O=C(NC[C@H](O)CN1CCc2ccccc2C1)c1cnnc(NC2CCOC2)c1. The minimum Gasteiger partial charge on any atom is -0.390 e. The third kappa shape index (κ3) is 5.29. The van der Waals surface area contributed by atoms with Gasteiger partial charge in [-0.2, -0.15) is 5.10 Å². The van der Waals surface area contributed by atoms with Gasteiger partial charge in [-0.1, -0.05) is 24.3 Å². The zero-order valence-electron chi connectivity index (χ0n) is 16.4. The first-order valence-electron chi connectivity index (χ1n) is 10.1. The first-order chi connectivity index (χ1) is 14.2. The van der Waals surface area contributed by atoms with E-state index in [1.165, 1.54) is 17.3 Å². The number of nitrogens with one attached hydrogen (secondary N) is 2. The molecule has 0 bridgehead atoms. The van der Waals surface area contributed by atoms with Gasteiger partial charge in [0.2, 0.25) is 0 Å². The predicted octanol–water partition coefficient (Wildman–Crippen LogP) is 0.826. The van der Waals surface area contributed by atoms with Gasteiger partial charge in [-0.15, -0.1) is 5.10 Å². The number of benzene rings is 1. The quantitative estimate of drug-likeness (QED) is 0.636. The Balaban J connectivity index is 1.25. The van der Waals surface area contributed by atoms with Crippen molar-refractivity contribution in [3.05, 3.63) is 53.2 Å². The minimum atomic E-state index is -0.632. The Hall–Kier alpha value is -2.55. The van der Waals surface area contributed by atoms with Crippen molar-refractivity contribution in [3.63, 3.8) is 0 Å². The average molecular weight is 397 g/mol. The molecule has 1 amide bonds. The molecular formula is C21H27N5O3. The molecule has 2 aromatic rings. The van der Waals surface area contributed by atoms with E-state index < -0.39 is 6.10 Å². The van der Waals surface area contributed by atoms with Crippen LogP contribution in [-0.2, 0) is 17.7 Å². The number of aliphatic hydroxyl groups excluding tert-OH is 1. The first kappa shape index (κ1) is 19.8. The smallest absolute Gasteiger partial charge is 0.253 e. The van der Waals surface area contributed by atoms with Gasteiger partial charge < -0.3 is 20.5 Å². The number of hydrogen-bond donors (Lipinski definition) is 3. The van der Waals surface area contributed by atoms with Crippen LogP contribution in [0.1, 0.15) is 27.9 Å². The number of aromatic nitrogens is 2. The number of anilines is 1. The molecule has 29 heavy (non-hydrogen) atoms. The van der Waals surface area contributed by atoms with E-state index in [0.717, 1.165) is 32.5 Å². The van der Waals surface area contributed by atoms with Gasteiger partial charge in [0.15, 0.2) is 0 Å². The number of amides is 1. The molecule has 4 rings (SSSR count). The van der Waals surface area contributed by atoms with Crippen LogP contribution in [0.3, 0.4) is 0 Å². The summed E-state index contributed by atoms with van der Waals surface area (Å²) in [6, 6.07) is 10.3. The van der Waals surface area contributed by atoms with Gasteiger partial charge in [-0.05, 0) is 30.0 Å². The molecule has 1 fully saturated rings. The largest absolute Gasteiger partial charge is 0.390 e. The highest BCUT2D eigenvalue weighted by Gasteiger charge is 2.20. The summed E-state index contributed by atoms with van der Waals surface area (Å²) in [4.78, 5) is 14.7. The van der Waals surface area contributed by atoms with Crippen molar-refractivity contribution in [1.29, 1.82) is 0 Å². The topological polar surface area (TPSA) is 99.6 Å². The molecule has 2 aliphatic heterocycles. The molecule has 0 radical (unpaired) electrons. The lowest BCUT2D eigenvalue weighted by Crippen LogP contribution is -2.42. The van der Waals surface area contributed by atoms with Gasteiger partial charge in [0.25, 0.3) is 5.91 Å². The summed E-state index contributed by atoms with van der Waals surface area (Å²) in [6.07, 6.45) is 2.69. The Bertz CT molecular complexity index is 841. The van der Waals surface area contributed by atoms with E-state index >= 15 is 0 Å². The molecule has 8 nitrogen and oxygen atoms in total. The number of ether oxygens (including phenoxy) is 1. The summed E-state index contributed by atoms with van der Waals surface area (Å²) >= 11 is 0. The van der Waals surface area contributed by atoms with E-state index in [1.807, 2.05) is 6.07 Å². The zero-order chi connectivity index (χ0) is 20.1. The Kier molecular flexibility index (Phi) is 6.33. The number of hydrogen-bond acceptors (Lipinski definition) is 7. The van der Waals surface area contributed by atoms with Crippen molar-refractivity contribution in [2.45, 2.75) is 31.5 Å². The second-order valence-electron chi connectivity index (χ2n) is 7.65. The van der Waals surface area contributed by atoms with E-state index in [1.54, 1.807) is 6.07 Å². The summed E-state index contributed by atoms with van der Waals surface area (Å²) in [6.45, 7) is 3.82. The van der Waals surface area contributed by atoms with E-state index in [4.69, 9.17) is 4.74 Å². The molecule has 2 atom stereocenters. The van der Waals surface area contributed by atoms with Gasteiger partial charge in [0, 0.05) is 32.8 Å². The Morgan fingerprint density at radius 3 is 3.03 bits per heavy atom. The second-order valence-corrected chi connectivity index (χ2v) is 7.65. The molecule has 0 aliphatic carbocycles. The molecule has 0 saturated carbocycles. The summed E-state index contributed by atoms with van der Waals surface area (Å²) < 4.78 is 5.33. The molecule has 8 heteroatoms. The number of nitrogens with zero attached hydrogens (tertiary/aromatic N) is 3. The highest BCUT2D eigenvalue weighted by atomic mass is 16.5. The molecule has 1 aromatic carbocycles. The van der Waals surface area contributed by atoms with Crippen LogP contribution in [-0.4, -0.2) is 71.1 Å². The molecule has 3 heterocycles. The van der Waals surface area contributed by atoms with Crippen LogP contribution in [0.2, 0.25) is 0 Å². The lowest BCUT2D eigenvalue weighted by Gasteiger charge is -2.30. The molecule has 1 unspecified atom stereocenters. The lowest BCUT2D eigenvalue weighted by atomic mass is 10.00. The number of β-amino-alcohol motifs (C(OH)–C–C–N with tert-alkyl or cyclic N) is 1. The van der Waals surface area contributed by atoms with Crippen LogP contribution < -0.4 is 10.6 Å². The van der Waals surface area contributed by atoms with Crippen molar-refractivity contribution in [2.24, 2.45) is 0 Å². The van der Waals surface area contributed by atoms with Crippen LogP contribution in [0.25, 0.3) is 0 Å². The molecule has 1 aromatic heterocycles. The van der Waals surface area contributed by atoms with Crippen molar-refractivity contribution in [3.8, 4) is 0 Å². The number of fused-ring (bicyclic) bond motifs is 1. The van der Waals surface area contributed by atoms with Crippen LogP contribution in [0.4, 0.5) is 5.82 Å². The zero-order valence-corrected chi connectivity index (χ0v) is 16.4. The van der Waals surface area contributed by atoms with Crippen molar-refractivity contribution >= 4 is 11.7 Å². The van der Waals surface area contributed by atoms with Crippen LogP contribution >= 0.6 is 0 Å². The number of aliphatic hydroxyl groups is 1. The molecule has 2 aliphatic rings. The monoisotopic (exact) mass is 397 g/mol. The van der Waals surface area contributed by atoms with Gasteiger partial charge in [0.05, 0.1) is 30.5 Å². The summed E-state index contributed by atoms with van der Waals surface area (Å²) in [5.74, 6) is 0.286. The fourth-order valence-corrected chi connectivity index (χ4v) is 3.80. The number of carbonyl (C=O) groups is 1. The average Bonchev–Trinajstić information content (AvgIpc) is 3.25. The Morgan fingerprint density at radius 2 is 2.21 bits per heavy atom. The van der Waals surface area contributed by atoms with Gasteiger partial charge in [0.1, 0.15) is 5.82 Å². The third-order valence-electron chi connectivity index (χ3n) is 5.38. The van der Waals surface area contributed by atoms with E-state index in [-0.39, 0.29) is 18.5 Å². The first-order valence-corrected chi connectivity index (χ1v) is 10.1. The number of carbonyl (C=O) groups excluding carboxylic acids is 1. The fraction of sp³-hybridized carbons (Fsp3) is 0.476. The maximum atomic E-state index is 12.4. The van der Waals surface area contributed by atoms with Crippen molar-refractivity contribution in [2.75, 3.05) is 38.2 Å². The lowest BCUT2D eigenvalue weighted by molar-refractivity contribution is 0.0841. The van der Waals surface area contributed by atoms with Crippen molar-refractivity contribution < 1.29 is 14.6 Å². The molecule has 0 spiro atoms. The van der Waals surface area contributed by atoms with E-state index in [2.05, 4.69) is 43.9 Å². The maximum absolute atomic E-state index is 12.4. The van der Waals surface area contributed by atoms with Crippen LogP contribution in [0.15, 0.2) is 36.5 Å². The Labute approximate surface area is 170 Å². The third-order valence-corrected chi connectivity index (χ3v) is 5.38.